The molecule has 0 aliphatic carbocycles. The van der Waals surface area contributed by atoms with Gasteiger partial charge in [-0.2, -0.15) is 13.2 Å². The van der Waals surface area contributed by atoms with Crippen LogP contribution < -0.4 is 10.2 Å². The highest BCUT2D eigenvalue weighted by molar-refractivity contribution is 6.02. The summed E-state index contributed by atoms with van der Waals surface area (Å²) in [6.45, 7) is 0. The van der Waals surface area contributed by atoms with Crippen LogP contribution in [0.1, 0.15) is 5.56 Å². The predicted octanol–water partition coefficient (Wildman–Crippen LogP) is 4.86. The lowest BCUT2D eigenvalue weighted by Crippen LogP contribution is -2.31. The summed E-state index contributed by atoms with van der Waals surface area (Å²) in [4.78, 5) is 16.7. The van der Waals surface area contributed by atoms with Crippen LogP contribution >= 0.6 is 0 Å². The molecular weight excluding hydrogens is 319 g/mol. The van der Waals surface area contributed by atoms with Gasteiger partial charge in [0, 0.05) is 30.1 Å². The summed E-state index contributed by atoms with van der Waals surface area (Å²) in [6.07, 6.45) is -2.60. The number of anilines is 2. The van der Waals surface area contributed by atoms with Crippen molar-refractivity contribution < 1.29 is 18.0 Å². The zero-order valence-corrected chi connectivity index (χ0v) is 12.7. The van der Waals surface area contributed by atoms with Gasteiger partial charge in [-0.3, -0.25) is 4.90 Å². The third-order valence-electron chi connectivity index (χ3n) is 3.69. The summed E-state index contributed by atoms with van der Waals surface area (Å²) in [7, 11) is 1.59. The molecule has 4 nitrogen and oxygen atoms in total. The Morgan fingerprint density at radius 1 is 1.08 bits per heavy atom. The summed E-state index contributed by atoms with van der Waals surface area (Å²) in [5.74, 6) is 0. The van der Waals surface area contributed by atoms with Crippen molar-refractivity contribution in [2.24, 2.45) is 0 Å². The first-order chi connectivity index (χ1) is 11.3. The van der Waals surface area contributed by atoms with Crippen LogP contribution in [0.5, 0.6) is 0 Å². The van der Waals surface area contributed by atoms with Gasteiger partial charge in [0.05, 0.1) is 5.56 Å². The number of halogens is 3. The Morgan fingerprint density at radius 2 is 1.79 bits per heavy atom. The predicted molar refractivity (Wildman–Crippen MR) is 87.2 cm³/mol. The van der Waals surface area contributed by atoms with Gasteiger partial charge >= 0.3 is 12.2 Å². The van der Waals surface area contributed by atoms with Gasteiger partial charge in [0.15, 0.2) is 0 Å². The highest BCUT2D eigenvalue weighted by Gasteiger charge is 2.30. The lowest BCUT2D eigenvalue weighted by molar-refractivity contribution is -0.137. The number of aromatic nitrogens is 1. The zero-order chi connectivity index (χ0) is 17.3. The van der Waals surface area contributed by atoms with E-state index < -0.39 is 17.8 Å². The molecule has 1 aromatic heterocycles. The summed E-state index contributed by atoms with van der Waals surface area (Å²) in [5.41, 5.74) is 1.09. The molecule has 2 N–H and O–H groups in total. The van der Waals surface area contributed by atoms with E-state index in [1.807, 2.05) is 18.2 Å². The number of nitrogens with one attached hydrogen (secondary N) is 2. The monoisotopic (exact) mass is 333 g/mol. The Bertz CT molecular complexity index is 869. The number of aromatic amines is 1. The first kappa shape index (κ1) is 15.9. The SMILES string of the molecule is CN(C(=O)Nc1ccc(C(F)(F)F)cc1)c1ccc2cc[nH]c2c1. The van der Waals surface area contributed by atoms with Crippen molar-refractivity contribution in [2.45, 2.75) is 6.18 Å². The molecule has 24 heavy (non-hydrogen) atoms. The van der Waals surface area contributed by atoms with Gasteiger partial charge in [-0.05, 0) is 47.9 Å². The summed E-state index contributed by atoms with van der Waals surface area (Å²) >= 11 is 0. The average Bonchev–Trinajstić information content (AvgIpc) is 3.01. The molecule has 2 amide bonds. The number of carbonyl (C=O) groups excluding carboxylic acids is 1. The maximum absolute atomic E-state index is 12.5. The van der Waals surface area contributed by atoms with E-state index in [2.05, 4.69) is 10.3 Å². The van der Waals surface area contributed by atoms with Crippen molar-refractivity contribution in [3.63, 3.8) is 0 Å². The molecule has 0 atom stereocenters. The van der Waals surface area contributed by atoms with E-state index >= 15 is 0 Å². The first-order valence-corrected chi connectivity index (χ1v) is 7.14. The standard InChI is InChI=1S/C17H14F3N3O/c1-23(14-7-2-11-8-9-21-15(11)10-14)16(24)22-13-5-3-12(4-6-13)17(18,19)20/h2-10,21H,1H3,(H,22,24). The molecule has 0 saturated heterocycles. The number of carbonyl (C=O) groups is 1. The summed E-state index contributed by atoms with van der Waals surface area (Å²) < 4.78 is 37.6. The fourth-order valence-electron chi connectivity index (χ4n) is 2.31. The minimum absolute atomic E-state index is 0.292. The van der Waals surface area contributed by atoms with Crippen LogP contribution in [0.25, 0.3) is 10.9 Å². The van der Waals surface area contributed by atoms with E-state index in [4.69, 9.17) is 0 Å². The van der Waals surface area contributed by atoms with Crippen LogP contribution in [-0.2, 0) is 6.18 Å². The van der Waals surface area contributed by atoms with Crippen molar-refractivity contribution in [2.75, 3.05) is 17.3 Å². The highest BCUT2D eigenvalue weighted by atomic mass is 19.4. The molecule has 0 radical (unpaired) electrons. The van der Waals surface area contributed by atoms with Crippen LogP contribution in [0, 0.1) is 0 Å². The number of fused-ring (bicyclic) bond motifs is 1. The largest absolute Gasteiger partial charge is 0.416 e. The number of urea groups is 1. The van der Waals surface area contributed by atoms with Gasteiger partial charge in [-0.25, -0.2) is 4.79 Å². The molecule has 1 heterocycles. The molecule has 0 spiro atoms. The molecular formula is C17H14F3N3O. The zero-order valence-electron chi connectivity index (χ0n) is 12.7. The number of alkyl halides is 3. The van der Waals surface area contributed by atoms with Crippen molar-refractivity contribution in [3.05, 3.63) is 60.3 Å². The molecule has 0 saturated carbocycles. The average molecular weight is 333 g/mol. The van der Waals surface area contributed by atoms with Crippen molar-refractivity contribution >= 4 is 28.3 Å². The molecule has 3 rings (SSSR count). The molecule has 0 aliphatic rings. The van der Waals surface area contributed by atoms with E-state index in [-0.39, 0.29) is 0 Å². The molecule has 7 heteroatoms. The Hall–Kier alpha value is -2.96. The number of nitrogens with zero attached hydrogens (tertiary/aromatic N) is 1. The molecule has 0 fully saturated rings. The minimum Gasteiger partial charge on any atom is -0.361 e. The van der Waals surface area contributed by atoms with Crippen LogP contribution in [-0.4, -0.2) is 18.1 Å². The number of hydrogen-bond donors (Lipinski definition) is 2. The minimum atomic E-state index is -4.40. The van der Waals surface area contributed by atoms with Gasteiger partial charge in [0.1, 0.15) is 0 Å². The Kier molecular flexibility index (Phi) is 3.92. The number of hydrogen-bond acceptors (Lipinski definition) is 1. The molecule has 124 valence electrons. The second kappa shape index (κ2) is 5.92. The van der Waals surface area contributed by atoms with Gasteiger partial charge in [-0.1, -0.05) is 6.07 Å². The van der Waals surface area contributed by atoms with Crippen LogP contribution in [0.3, 0.4) is 0 Å². The number of benzene rings is 2. The Balaban J connectivity index is 1.73. The second-order valence-electron chi connectivity index (χ2n) is 5.31. The maximum atomic E-state index is 12.5. The normalized spacial score (nSPS) is 11.5. The maximum Gasteiger partial charge on any atom is 0.416 e. The van der Waals surface area contributed by atoms with E-state index in [0.717, 1.165) is 23.0 Å². The highest BCUT2D eigenvalue weighted by Crippen LogP contribution is 2.30. The van der Waals surface area contributed by atoms with E-state index in [0.29, 0.717) is 11.4 Å². The molecule has 2 aromatic carbocycles. The van der Waals surface area contributed by atoms with Crippen molar-refractivity contribution in [1.29, 1.82) is 0 Å². The van der Waals surface area contributed by atoms with Gasteiger partial charge < -0.3 is 10.3 Å². The van der Waals surface area contributed by atoms with E-state index in [1.165, 1.54) is 17.0 Å². The quantitative estimate of drug-likeness (QED) is 0.691. The lowest BCUT2D eigenvalue weighted by atomic mass is 10.2. The number of amides is 2. The van der Waals surface area contributed by atoms with Crippen molar-refractivity contribution in [1.82, 2.24) is 4.98 Å². The molecule has 0 aliphatic heterocycles. The van der Waals surface area contributed by atoms with E-state index in [1.54, 1.807) is 19.3 Å². The third-order valence-corrected chi connectivity index (χ3v) is 3.69. The number of rotatable bonds is 2. The van der Waals surface area contributed by atoms with Crippen LogP contribution in [0.15, 0.2) is 54.7 Å². The molecule has 3 aromatic rings. The molecule has 0 unspecified atom stereocenters. The fraction of sp³-hybridized carbons (Fsp3) is 0.118. The third kappa shape index (κ3) is 3.19. The number of H-pyrrole nitrogens is 1. The van der Waals surface area contributed by atoms with Gasteiger partial charge in [-0.15, -0.1) is 0 Å². The van der Waals surface area contributed by atoms with Crippen LogP contribution in [0.2, 0.25) is 0 Å². The molecule has 0 bridgehead atoms. The topological polar surface area (TPSA) is 48.1 Å². The Morgan fingerprint density at radius 3 is 2.46 bits per heavy atom. The fourth-order valence-corrected chi connectivity index (χ4v) is 2.31. The first-order valence-electron chi connectivity index (χ1n) is 7.14. The lowest BCUT2D eigenvalue weighted by Gasteiger charge is -2.18. The van der Waals surface area contributed by atoms with Gasteiger partial charge in [0.25, 0.3) is 0 Å². The smallest absolute Gasteiger partial charge is 0.361 e. The van der Waals surface area contributed by atoms with E-state index in [9.17, 15) is 18.0 Å². The van der Waals surface area contributed by atoms with Gasteiger partial charge in [0.2, 0.25) is 0 Å². The summed E-state index contributed by atoms with van der Waals surface area (Å²) in [5, 5.41) is 3.59. The Labute approximate surface area is 135 Å². The van der Waals surface area contributed by atoms with Crippen molar-refractivity contribution in [3.8, 4) is 0 Å². The summed E-state index contributed by atoms with van der Waals surface area (Å²) in [6, 6.07) is 11.3. The second-order valence-corrected chi connectivity index (χ2v) is 5.31. The van der Waals surface area contributed by atoms with Crippen LogP contribution in [0.4, 0.5) is 29.3 Å².